The van der Waals surface area contributed by atoms with Gasteiger partial charge in [0.2, 0.25) is 0 Å². The molecule has 1 saturated carbocycles. The van der Waals surface area contributed by atoms with Crippen molar-refractivity contribution >= 4 is 17.3 Å². The zero-order valence-electron chi connectivity index (χ0n) is 9.40. The summed E-state index contributed by atoms with van der Waals surface area (Å²) in [4.78, 5) is 0. The minimum Gasteiger partial charge on any atom is -0.382 e. The van der Waals surface area contributed by atoms with Gasteiger partial charge in [0.05, 0.1) is 11.3 Å². The van der Waals surface area contributed by atoms with E-state index < -0.39 is 17.6 Å². The van der Waals surface area contributed by atoms with Crippen molar-refractivity contribution in [3.63, 3.8) is 0 Å². The lowest BCUT2D eigenvalue weighted by atomic mass is 9.85. The lowest BCUT2D eigenvalue weighted by Gasteiger charge is -2.31. The average Bonchev–Trinajstić information content (AvgIpc) is 2.22. The lowest BCUT2D eigenvalue weighted by molar-refractivity contribution is -0.137. The summed E-state index contributed by atoms with van der Waals surface area (Å²) in [5.74, 6) is -0.513. The summed E-state index contributed by atoms with van der Waals surface area (Å²) < 4.78 is 50.4. The fourth-order valence-electron chi connectivity index (χ4n) is 1.91. The van der Waals surface area contributed by atoms with E-state index in [1.54, 1.807) is 0 Å². The van der Waals surface area contributed by atoms with Crippen LogP contribution in [-0.4, -0.2) is 11.9 Å². The van der Waals surface area contributed by atoms with E-state index in [-0.39, 0.29) is 11.1 Å². The molecule has 0 heterocycles. The molecule has 1 aliphatic rings. The molecule has 1 fully saturated rings. The van der Waals surface area contributed by atoms with Gasteiger partial charge < -0.3 is 5.32 Å². The third-order valence-corrected chi connectivity index (χ3v) is 3.41. The predicted molar refractivity (Wildman–Crippen MR) is 62.3 cm³/mol. The molecule has 1 nitrogen and oxygen atoms in total. The Labute approximate surface area is 107 Å². The SMILES string of the molecule is Fc1cc(C(F)(F)F)ccc1NCC1CC(Cl)C1. The molecule has 0 aromatic heterocycles. The van der Waals surface area contributed by atoms with Crippen molar-refractivity contribution in [1.29, 1.82) is 0 Å². The van der Waals surface area contributed by atoms with Crippen LogP contribution in [0.4, 0.5) is 23.2 Å². The first-order chi connectivity index (χ1) is 8.36. The van der Waals surface area contributed by atoms with E-state index in [4.69, 9.17) is 11.6 Å². The number of benzene rings is 1. The molecule has 100 valence electrons. The summed E-state index contributed by atoms with van der Waals surface area (Å²) in [7, 11) is 0. The first kappa shape index (κ1) is 13.5. The Balaban J connectivity index is 1.97. The van der Waals surface area contributed by atoms with Gasteiger partial charge in [-0.2, -0.15) is 13.2 Å². The second-order valence-electron chi connectivity index (χ2n) is 4.51. The normalized spacial score (nSPS) is 23.6. The van der Waals surface area contributed by atoms with Crippen molar-refractivity contribution in [2.24, 2.45) is 5.92 Å². The molecule has 0 saturated heterocycles. The van der Waals surface area contributed by atoms with Crippen LogP contribution in [0.25, 0.3) is 0 Å². The number of rotatable bonds is 3. The monoisotopic (exact) mass is 281 g/mol. The minimum atomic E-state index is -4.51. The van der Waals surface area contributed by atoms with Gasteiger partial charge in [-0.05, 0) is 37.0 Å². The highest BCUT2D eigenvalue weighted by Crippen LogP contribution is 2.33. The number of hydrogen-bond acceptors (Lipinski definition) is 1. The standard InChI is InChI=1S/C12H12ClF4N/c13-9-3-7(4-9)6-18-11-2-1-8(5-10(11)14)12(15,16)17/h1-2,5,7,9,18H,3-4,6H2. The molecule has 0 spiro atoms. The van der Waals surface area contributed by atoms with Crippen LogP contribution >= 0.6 is 11.6 Å². The smallest absolute Gasteiger partial charge is 0.382 e. The first-order valence-electron chi connectivity index (χ1n) is 5.61. The van der Waals surface area contributed by atoms with Gasteiger partial charge in [0.15, 0.2) is 0 Å². The zero-order valence-corrected chi connectivity index (χ0v) is 10.2. The van der Waals surface area contributed by atoms with E-state index in [9.17, 15) is 17.6 Å². The van der Waals surface area contributed by atoms with Gasteiger partial charge >= 0.3 is 6.18 Å². The van der Waals surface area contributed by atoms with Crippen molar-refractivity contribution in [1.82, 2.24) is 0 Å². The van der Waals surface area contributed by atoms with Crippen LogP contribution in [0.1, 0.15) is 18.4 Å². The van der Waals surface area contributed by atoms with E-state index in [1.165, 1.54) is 0 Å². The molecule has 1 N–H and O–H groups in total. The van der Waals surface area contributed by atoms with Gasteiger partial charge in [-0.1, -0.05) is 0 Å². The highest BCUT2D eigenvalue weighted by molar-refractivity contribution is 6.21. The molecule has 0 bridgehead atoms. The Bertz CT molecular complexity index is 427. The van der Waals surface area contributed by atoms with Crippen molar-refractivity contribution in [3.8, 4) is 0 Å². The summed E-state index contributed by atoms with van der Waals surface area (Å²) in [5.41, 5.74) is -0.879. The van der Waals surface area contributed by atoms with Crippen LogP contribution in [-0.2, 0) is 6.18 Å². The number of hydrogen-bond donors (Lipinski definition) is 1. The molecule has 6 heteroatoms. The molecule has 0 atom stereocenters. The molecular formula is C12H12ClF4N. The van der Waals surface area contributed by atoms with Gasteiger partial charge in [-0.3, -0.25) is 0 Å². The predicted octanol–water partition coefficient (Wildman–Crippen LogP) is 4.27. The summed E-state index contributed by atoms with van der Waals surface area (Å²) in [6.07, 6.45) is -2.80. The molecule has 0 amide bonds. The van der Waals surface area contributed by atoms with Crippen LogP contribution in [0.2, 0.25) is 0 Å². The molecule has 0 unspecified atom stereocenters. The first-order valence-corrected chi connectivity index (χ1v) is 6.04. The van der Waals surface area contributed by atoms with Gasteiger partial charge in [-0.25, -0.2) is 4.39 Å². The average molecular weight is 282 g/mol. The summed E-state index contributed by atoms with van der Waals surface area (Å²) in [5, 5.41) is 2.99. The van der Waals surface area contributed by atoms with Crippen molar-refractivity contribution in [2.75, 3.05) is 11.9 Å². The Hall–Kier alpha value is -0.970. The van der Waals surface area contributed by atoms with Crippen molar-refractivity contribution < 1.29 is 17.6 Å². The third kappa shape index (κ3) is 3.07. The molecule has 1 aliphatic carbocycles. The van der Waals surface area contributed by atoms with Crippen molar-refractivity contribution in [2.45, 2.75) is 24.4 Å². The highest BCUT2D eigenvalue weighted by Gasteiger charge is 2.31. The second kappa shape index (κ2) is 4.96. The third-order valence-electron chi connectivity index (χ3n) is 3.06. The summed E-state index contributed by atoms with van der Waals surface area (Å²) in [6.45, 7) is 0.533. The largest absolute Gasteiger partial charge is 0.416 e. The van der Waals surface area contributed by atoms with Crippen LogP contribution in [0.3, 0.4) is 0 Å². The Morgan fingerprint density at radius 3 is 2.44 bits per heavy atom. The molecule has 0 aliphatic heterocycles. The molecule has 1 aromatic rings. The van der Waals surface area contributed by atoms with Crippen LogP contribution < -0.4 is 5.32 Å². The number of anilines is 1. The Morgan fingerprint density at radius 2 is 1.94 bits per heavy atom. The molecule has 2 rings (SSSR count). The second-order valence-corrected chi connectivity index (χ2v) is 5.13. The van der Waals surface area contributed by atoms with E-state index in [1.807, 2.05) is 0 Å². The zero-order chi connectivity index (χ0) is 13.3. The van der Waals surface area contributed by atoms with Gasteiger partial charge in [0.25, 0.3) is 0 Å². The number of nitrogens with one attached hydrogen (secondary N) is 1. The van der Waals surface area contributed by atoms with Gasteiger partial charge in [-0.15, -0.1) is 11.6 Å². The minimum absolute atomic E-state index is 0.0982. The summed E-state index contributed by atoms with van der Waals surface area (Å²) >= 11 is 5.80. The van der Waals surface area contributed by atoms with E-state index in [0.717, 1.165) is 25.0 Å². The maximum atomic E-state index is 13.4. The van der Waals surface area contributed by atoms with E-state index in [0.29, 0.717) is 18.5 Å². The van der Waals surface area contributed by atoms with E-state index >= 15 is 0 Å². The van der Waals surface area contributed by atoms with E-state index in [2.05, 4.69) is 5.32 Å². The van der Waals surface area contributed by atoms with Gasteiger partial charge in [0, 0.05) is 11.9 Å². The maximum absolute atomic E-state index is 13.4. The maximum Gasteiger partial charge on any atom is 0.416 e. The molecular weight excluding hydrogens is 270 g/mol. The lowest BCUT2D eigenvalue weighted by Crippen LogP contribution is -2.30. The molecule has 1 aromatic carbocycles. The number of alkyl halides is 4. The molecule has 18 heavy (non-hydrogen) atoms. The van der Waals surface area contributed by atoms with Crippen LogP contribution in [0.5, 0.6) is 0 Å². The Morgan fingerprint density at radius 1 is 1.28 bits per heavy atom. The fourth-order valence-corrected chi connectivity index (χ4v) is 2.41. The molecule has 0 radical (unpaired) electrons. The fraction of sp³-hybridized carbons (Fsp3) is 0.500. The number of halogens is 5. The highest BCUT2D eigenvalue weighted by atomic mass is 35.5. The van der Waals surface area contributed by atoms with Crippen LogP contribution in [0, 0.1) is 11.7 Å². The quantitative estimate of drug-likeness (QED) is 0.644. The summed E-state index contributed by atoms with van der Waals surface area (Å²) in [6, 6.07) is 2.50. The topological polar surface area (TPSA) is 12.0 Å². The van der Waals surface area contributed by atoms with Gasteiger partial charge in [0.1, 0.15) is 5.82 Å². The van der Waals surface area contributed by atoms with Crippen molar-refractivity contribution in [3.05, 3.63) is 29.6 Å². The Kier molecular flexibility index (Phi) is 3.71. The van der Waals surface area contributed by atoms with Crippen LogP contribution in [0.15, 0.2) is 18.2 Å².